The number of carbonyl (C=O) groups is 1. The Labute approximate surface area is 103 Å². The summed E-state index contributed by atoms with van der Waals surface area (Å²) in [6, 6.07) is 0. The Morgan fingerprint density at radius 3 is 3.06 bits per heavy atom. The van der Waals surface area contributed by atoms with Crippen molar-refractivity contribution in [2.75, 3.05) is 39.5 Å². The number of amides is 1. The van der Waals surface area contributed by atoms with E-state index in [2.05, 4.69) is 24.5 Å². The maximum Gasteiger partial charge on any atom is 0.222 e. The Hall–Kier alpha value is -0.650. The van der Waals surface area contributed by atoms with Gasteiger partial charge in [0.25, 0.3) is 0 Å². The van der Waals surface area contributed by atoms with Crippen molar-refractivity contribution in [3.63, 3.8) is 0 Å². The summed E-state index contributed by atoms with van der Waals surface area (Å²) in [5.74, 6) is 0.569. The van der Waals surface area contributed by atoms with Gasteiger partial charge in [-0.2, -0.15) is 0 Å². The van der Waals surface area contributed by atoms with Crippen molar-refractivity contribution in [3.8, 4) is 0 Å². The molecule has 100 valence electrons. The first kappa shape index (κ1) is 14.4. The van der Waals surface area contributed by atoms with Crippen molar-refractivity contribution >= 4 is 5.91 Å². The maximum absolute atomic E-state index is 11.5. The highest BCUT2D eigenvalue weighted by atomic mass is 16.5. The summed E-state index contributed by atoms with van der Waals surface area (Å²) in [6.45, 7) is 8.43. The van der Waals surface area contributed by atoms with Crippen molar-refractivity contribution in [3.05, 3.63) is 0 Å². The molecule has 1 fully saturated rings. The molecule has 1 aliphatic heterocycles. The van der Waals surface area contributed by atoms with Gasteiger partial charge in [-0.05, 0) is 5.92 Å². The van der Waals surface area contributed by atoms with Crippen LogP contribution in [0.3, 0.4) is 0 Å². The van der Waals surface area contributed by atoms with Gasteiger partial charge < -0.3 is 20.1 Å². The molecule has 0 spiro atoms. The van der Waals surface area contributed by atoms with Gasteiger partial charge in [0.2, 0.25) is 5.91 Å². The van der Waals surface area contributed by atoms with Crippen LogP contribution in [-0.2, 0) is 14.3 Å². The van der Waals surface area contributed by atoms with E-state index < -0.39 is 0 Å². The van der Waals surface area contributed by atoms with Crippen LogP contribution in [0, 0.1) is 5.92 Å². The maximum atomic E-state index is 11.5. The van der Waals surface area contributed by atoms with Crippen molar-refractivity contribution in [1.29, 1.82) is 0 Å². The second kappa shape index (κ2) is 8.44. The second-order valence-corrected chi connectivity index (χ2v) is 4.72. The molecule has 1 rings (SSSR count). The zero-order valence-electron chi connectivity index (χ0n) is 10.8. The highest BCUT2D eigenvalue weighted by Gasteiger charge is 2.16. The van der Waals surface area contributed by atoms with Crippen LogP contribution < -0.4 is 10.6 Å². The van der Waals surface area contributed by atoms with Gasteiger partial charge in [-0.15, -0.1) is 0 Å². The number of ether oxygens (including phenoxy) is 2. The molecule has 5 heteroatoms. The van der Waals surface area contributed by atoms with E-state index in [1.54, 1.807) is 0 Å². The zero-order valence-corrected chi connectivity index (χ0v) is 10.8. The highest BCUT2D eigenvalue weighted by molar-refractivity contribution is 5.76. The summed E-state index contributed by atoms with van der Waals surface area (Å²) in [6.07, 6.45) is 0.442. The molecule has 17 heavy (non-hydrogen) atoms. The lowest BCUT2D eigenvalue weighted by atomic mass is 10.2. The summed E-state index contributed by atoms with van der Waals surface area (Å²) in [7, 11) is 0. The molecule has 5 nitrogen and oxygen atoms in total. The van der Waals surface area contributed by atoms with Crippen LogP contribution in [-0.4, -0.2) is 51.5 Å². The molecule has 0 saturated carbocycles. The van der Waals surface area contributed by atoms with Crippen LogP contribution in [0.15, 0.2) is 0 Å². The monoisotopic (exact) mass is 244 g/mol. The van der Waals surface area contributed by atoms with E-state index >= 15 is 0 Å². The number of morpholine rings is 1. The van der Waals surface area contributed by atoms with Crippen LogP contribution in [0.25, 0.3) is 0 Å². The lowest BCUT2D eigenvalue weighted by Gasteiger charge is -2.23. The molecule has 2 N–H and O–H groups in total. The Morgan fingerprint density at radius 1 is 1.59 bits per heavy atom. The topological polar surface area (TPSA) is 59.6 Å². The van der Waals surface area contributed by atoms with E-state index in [-0.39, 0.29) is 12.0 Å². The van der Waals surface area contributed by atoms with Gasteiger partial charge in [-0.25, -0.2) is 0 Å². The van der Waals surface area contributed by atoms with E-state index in [9.17, 15) is 4.79 Å². The van der Waals surface area contributed by atoms with Gasteiger partial charge in [0.15, 0.2) is 0 Å². The smallest absolute Gasteiger partial charge is 0.222 e. The molecular formula is C12H24N2O3. The standard InChI is InChI=1S/C12H24N2O3/c1-10(2)9-16-5-4-14-12(15)7-11-8-13-3-6-17-11/h10-11,13H,3-9H2,1-2H3,(H,14,15). The number of hydrogen-bond donors (Lipinski definition) is 2. The van der Waals surface area contributed by atoms with Crippen LogP contribution in [0.5, 0.6) is 0 Å². The van der Waals surface area contributed by atoms with Crippen LogP contribution in [0.2, 0.25) is 0 Å². The molecule has 0 aromatic rings. The highest BCUT2D eigenvalue weighted by Crippen LogP contribution is 2.00. The number of nitrogens with one attached hydrogen (secondary N) is 2. The molecular weight excluding hydrogens is 220 g/mol. The number of hydrogen-bond acceptors (Lipinski definition) is 4. The lowest BCUT2D eigenvalue weighted by molar-refractivity contribution is -0.124. The fourth-order valence-electron chi connectivity index (χ4n) is 1.61. The van der Waals surface area contributed by atoms with Gasteiger partial charge in [0.05, 0.1) is 25.7 Å². The predicted molar refractivity (Wildman–Crippen MR) is 65.9 cm³/mol. The van der Waals surface area contributed by atoms with E-state index in [4.69, 9.17) is 9.47 Å². The Kier molecular flexibility index (Phi) is 7.16. The molecule has 0 radical (unpaired) electrons. The first-order chi connectivity index (χ1) is 8.18. The van der Waals surface area contributed by atoms with E-state index in [1.807, 2.05) is 0 Å². The van der Waals surface area contributed by atoms with E-state index in [0.29, 0.717) is 32.1 Å². The molecule has 1 saturated heterocycles. The molecule has 0 aromatic carbocycles. The third-order valence-corrected chi connectivity index (χ3v) is 2.44. The van der Waals surface area contributed by atoms with Crippen molar-refractivity contribution in [2.45, 2.75) is 26.4 Å². The SMILES string of the molecule is CC(C)COCCNC(=O)CC1CNCCO1. The number of rotatable bonds is 7. The Bertz CT molecular complexity index is 216. The lowest BCUT2D eigenvalue weighted by Crippen LogP contribution is -2.41. The van der Waals surface area contributed by atoms with Gasteiger partial charge in [0, 0.05) is 26.2 Å². The molecule has 1 aliphatic rings. The molecule has 0 aromatic heterocycles. The van der Waals surface area contributed by atoms with Gasteiger partial charge in [0.1, 0.15) is 0 Å². The molecule has 1 atom stereocenters. The average molecular weight is 244 g/mol. The average Bonchev–Trinajstić information content (AvgIpc) is 2.29. The third kappa shape index (κ3) is 7.31. The molecule has 1 unspecified atom stereocenters. The predicted octanol–water partition coefficient (Wildman–Crippen LogP) is 0.154. The van der Waals surface area contributed by atoms with E-state index in [0.717, 1.165) is 19.7 Å². The van der Waals surface area contributed by atoms with Crippen molar-refractivity contribution < 1.29 is 14.3 Å². The first-order valence-electron chi connectivity index (χ1n) is 6.35. The Morgan fingerprint density at radius 2 is 2.41 bits per heavy atom. The fourth-order valence-corrected chi connectivity index (χ4v) is 1.61. The van der Waals surface area contributed by atoms with Crippen molar-refractivity contribution in [2.24, 2.45) is 5.92 Å². The minimum absolute atomic E-state index is 0.0142. The van der Waals surface area contributed by atoms with Gasteiger partial charge >= 0.3 is 0 Å². The van der Waals surface area contributed by atoms with Crippen LogP contribution in [0.1, 0.15) is 20.3 Å². The zero-order chi connectivity index (χ0) is 12.5. The minimum atomic E-state index is 0.0142. The molecule has 0 bridgehead atoms. The summed E-state index contributed by atoms with van der Waals surface area (Å²) < 4.78 is 10.8. The largest absolute Gasteiger partial charge is 0.379 e. The Balaban J connectivity index is 1.97. The summed E-state index contributed by atoms with van der Waals surface area (Å²) in [5, 5.41) is 6.03. The second-order valence-electron chi connectivity index (χ2n) is 4.72. The quantitative estimate of drug-likeness (QED) is 0.626. The minimum Gasteiger partial charge on any atom is -0.379 e. The molecule has 1 heterocycles. The first-order valence-corrected chi connectivity index (χ1v) is 6.35. The van der Waals surface area contributed by atoms with Gasteiger partial charge in [-0.1, -0.05) is 13.8 Å². The summed E-state index contributed by atoms with van der Waals surface area (Å²) >= 11 is 0. The van der Waals surface area contributed by atoms with Crippen LogP contribution in [0.4, 0.5) is 0 Å². The molecule has 1 amide bonds. The summed E-state index contributed by atoms with van der Waals surface area (Å²) in [4.78, 5) is 11.5. The van der Waals surface area contributed by atoms with Crippen LogP contribution >= 0.6 is 0 Å². The number of carbonyl (C=O) groups excluding carboxylic acids is 1. The fraction of sp³-hybridized carbons (Fsp3) is 0.917. The van der Waals surface area contributed by atoms with Gasteiger partial charge in [-0.3, -0.25) is 4.79 Å². The van der Waals surface area contributed by atoms with E-state index in [1.165, 1.54) is 0 Å². The summed E-state index contributed by atoms with van der Waals surface area (Å²) in [5.41, 5.74) is 0. The van der Waals surface area contributed by atoms with Crippen molar-refractivity contribution in [1.82, 2.24) is 10.6 Å². The third-order valence-electron chi connectivity index (χ3n) is 2.44. The normalized spacial score (nSPS) is 20.5. The molecule has 0 aliphatic carbocycles.